The lowest BCUT2D eigenvalue weighted by molar-refractivity contribution is -0.113. The normalized spacial score (nSPS) is 15.8. The van der Waals surface area contributed by atoms with Crippen molar-refractivity contribution in [2.75, 3.05) is 18.2 Å². The highest BCUT2D eigenvalue weighted by Gasteiger charge is 2.29. The number of thioether (sulfide) groups is 1. The number of esters is 1. The van der Waals surface area contributed by atoms with Crippen molar-refractivity contribution in [3.8, 4) is 0 Å². The van der Waals surface area contributed by atoms with Crippen LogP contribution in [-0.4, -0.2) is 34.7 Å². The van der Waals surface area contributed by atoms with Gasteiger partial charge < -0.3 is 10.1 Å². The first-order valence-corrected chi connectivity index (χ1v) is 12.4. The summed E-state index contributed by atoms with van der Waals surface area (Å²) in [5.41, 5.74) is 2.72. The van der Waals surface area contributed by atoms with Crippen LogP contribution in [0.3, 0.4) is 0 Å². The van der Waals surface area contributed by atoms with Crippen LogP contribution in [0.1, 0.15) is 44.6 Å². The zero-order valence-corrected chi connectivity index (χ0v) is 19.8. The van der Waals surface area contributed by atoms with Crippen molar-refractivity contribution in [3.63, 3.8) is 0 Å². The van der Waals surface area contributed by atoms with E-state index in [9.17, 15) is 9.59 Å². The van der Waals surface area contributed by atoms with Gasteiger partial charge >= 0.3 is 5.97 Å². The summed E-state index contributed by atoms with van der Waals surface area (Å²) >= 11 is 4.53. The lowest BCUT2D eigenvalue weighted by Crippen LogP contribution is -2.17. The topological polar surface area (TPSA) is 81.2 Å². The first-order valence-electron chi connectivity index (χ1n) is 9.75. The minimum absolute atomic E-state index is 0.159. The van der Waals surface area contributed by atoms with E-state index in [1.54, 1.807) is 17.7 Å². The van der Waals surface area contributed by atoms with Gasteiger partial charge in [-0.2, -0.15) is 0 Å². The second-order valence-electron chi connectivity index (χ2n) is 7.53. The number of hydrogen-bond donors (Lipinski definition) is 1. The van der Waals surface area contributed by atoms with Crippen LogP contribution in [0.2, 0.25) is 0 Å². The number of carbonyl (C=O) groups is 2. The van der Waals surface area contributed by atoms with Gasteiger partial charge in [-0.1, -0.05) is 18.7 Å². The van der Waals surface area contributed by atoms with Crippen LogP contribution in [0, 0.1) is 19.8 Å². The molecule has 0 saturated heterocycles. The quantitative estimate of drug-likeness (QED) is 0.327. The molecule has 3 aromatic rings. The van der Waals surface area contributed by atoms with Crippen molar-refractivity contribution in [1.29, 1.82) is 0 Å². The molecule has 0 aliphatic heterocycles. The summed E-state index contributed by atoms with van der Waals surface area (Å²) in [6, 6.07) is 0. The average molecular weight is 462 g/mol. The Bertz CT molecular complexity index is 1140. The fourth-order valence-electron chi connectivity index (χ4n) is 3.71. The van der Waals surface area contributed by atoms with Gasteiger partial charge in [-0.25, -0.2) is 14.8 Å². The molecular formula is C21H23N3O3S3. The largest absolute Gasteiger partial charge is 0.465 e. The van der Waals surface area contributed by atoms with Crippen LogP contribution in [0.25, 0.3) is 10.2 Å². The first-order chi connectivity index (χ1) is 14.4. The van der Waals surface area contributed by atoms with Crippen LogP contribution in [0.5, 0.6) is 0 Å². The van der Waals surface area contributed by atoms with Gasteiger partial charge in [0.25, 0.3) is 0 Å². The van der Waals surface area contributed by atoms with Gasteiger partial charge in [-0.15, -0.1) is 22.7 Å². The second-order valence-corrected chi connectivity index (χ2v) is 10.8. The van der Waals surface area contributed by atoms with E-state index in [4.69, 9.17) is 4.74 Å². The number of hydrogen-bond acceptors (Lipinski definition) is 8. The molecule has 3 aromatic heterocycles. The molecule has 9 heteroatoms. The number of carbonyl (C=O) groups excluding carboxylic acids is 2. The van der Waals surface area contributed by atoms with Crippen molar-refractivity contribution < 1.29 is 14.3 Å². The number of thiophene rings is 2. The van der Waals surface area contributed by atoms with Gasteiger partial charge in [-0.05, 0) is 50.2 Å². The highest BCUT2D eigenvalue weighted by molar-refractivity contribution is 8.00. The minimum atomic E-state index is -0.383. The molecule has 6 nitrogen and oxygen atoms in total. The SMILES string of the molecule is COC(=O)c1c(NC(=O)CSc2ncnc3sc(C)c(C)c23)sc2c1CC[C@H](C)C2. The van der Waals surface area contributed by atoms with E-state index < -0.39 is 0 Å². The molecule has 0 fully saturated rings. The zero-order valence-electron chi connectivity index (χ0n) is 17.3. The van der Waals surface area contributed by atoms with E-state index >= 15 is 0 Å². The molecule has 3 heterocycles. The Balaban J connectivity index is 1.53. The van der Waals surface area contributed by atoms with Crippen LogP contribution >= 0.6 is 34.4 Å². The van der Waals surface area contributed by atoms with Gasteiger partial charge in [0.15, 0.2) is 0 Å². The Morgan fingerprint density at radius 3 is 2.87 bits per heavy atom. The third-order valence-electron chi connectivity index (χ3n) is 5.42. The number of nitrogens with zero attached hydrogens (tertiary/aromatic N) is 2. The molecule has 1 atom stereocenters. The summed E-state index contributed by atoms with van der Waals surface area (Å²) in [5.74, 6) is 0.248. The number of amides is 1. The predicted molar refractivity (Wildman–Crippen MR) is 123 cm³/mol. The third-order valence-corrected chi connectivity index (χ3v) is 8.70. The van der Waals surface area contributed by atoms with Crippen molar-refractivity contribution >= 4 is 61.5 Å². The number of aryl methyl sites for hydroxylation is 2. The smallest absolute Gasteiger partial charge is 0.341 e. The lowest BCUT2D eigenvalue weighted by Gasteiger charge is -2.18. The Morgan fingerprint density at radius 2 is 2.10 bits per heavy atom. The third kappa shape index (κ3) is 3.98. The van der Waals surface area contributed by atoms with Gasteiger partial charge in [0.05, 0.1) is 18.4 Å². The van der Waals surface area contributed by atoms with Gasteiger partial charge in [0.2, 0.25) is 5.91 Å². The summed E-state index contributed by atoms with van der Waals surface area (Å²) in [7, 11) is 1.38. The summed E-state index contributed by atoms with van der Waals surface area (Å²) in [6.07, 6.45) is 4.37. The molecule has 0 bridgehead atoms. The maximum Gasteiger partial charge on any atom is 0.341 e. The molecular weight excluding hydrogens is 438 g/mol. The number of ether oxygens (including phenoxy) is 1. The van der Waals surface area contributed by atoms with Crippen LogP contribution in [0.15, 0.2) is 11.4 Å². The number of nitrogens with one attached hydrogen (secondary N) is 1. The Morgan fingerprint density at radius 1 is 1.30 bits per heavy atom. The Labute approximate surface area is 187 Å². The van der Waals surface area contributed by atoms with Crippen LogP contribution in [-0.2, 0) is 22.4 Å². The van der Waals surface area contributed by atoms with E-state index in [0.717, 1.165) is 45.6 Å². The summed E-state index contributed by atoms with van der Waals surface area (Å²) in [6.45, 7) is 6.34. The van der Waals surface area contributed by atoms with Gasteiger partial charge in [0, 0.05) is 15.1 Å². The molecule has 1 aliphatic carbocycles. The summed E-state index contributed by atoms with van der Waals surface area (Å²) in [5, 5.41) is 5.38. The standard InChI is InChI=1S/C21H23N3O3S3/c1-10-5-6-13-14(7-10)30-20(17(13)21(26)27-4)24-15(25)8-28-18-16-11(2)12(3)29-19(16)23-9-22-18/h9-10H,5-8H2,1-4H3,(H,24,25)/t10-/m0/s1. The summed E-state index contributed by atoms with van der Waals surface area (Å²) < 4.78 is 5.00. The Kier molecular flexibility index (Phi) is 6.13. The predicted octanol–water partition coefficient (Wildman–Crippen LogP) is 5.01. The summed E-state index contributed by atoms with van der Waals surface area (Å²) in [4.78, 5) is 37.2. The number of rotatable bonds is 5. The Hall–Kier alpha value is -1.97. The first kappa shape index (κ1) is 21.3. The van der Waals surface area contributed by atoms with Crippen molar-refractivity contribution in [2.45, 2.75) is 45.1 Å². The zero-order chi connectivity index (χ0) is 21.4. The average Bonchev–Trinajstić information content (AvgIpc) is 3.22. The lowest BCUT2D eigenvalue weighted by atomic mass is 9.88. The van der Waals surface area contributed by atoms with E-state index in [2.05, 4.69) is 36.1 Å². The fourth-order valence-corrected chi connectivity index (χ4v) is 7.05. The molecule has 4 rings (SSSR count). The molecule has 0 spiro atoms. The van der Waals surface area contributed by atoms with Crippen molar-refractivity contribution in [1.82, 2.24) is 9.97 Å². The molecule has 0 aromatic carbocycles. The molecule has 0 saturated carbocycles. The maximum absolute atomic E-state index is 12.7. The van der Waals surface area contributed by atoms with E-state index in [1.165, 1.54) is 40.0 Å². The highest BCUT2D eigenvalue weighted by Crippen LogP contribution is 2.40. The van der Waals surface area contributed by atoms with Crippen molar-refractivity contribution in [3.05, 3.63) is 32.8 Å². The second kappa shape index (κ2) is 8.64. The monoisotopic (exact) mass is 461 g/mol. The number of aromatic nitrogens is 2. The number of methoxy groups -OCH3 is 1. The van der Waals surface area contributed by atoms with Gasteiger partial charge in [-0.3, -0.25) is 4.79 Å². The number of fused-ring (bicyclic) bond motifs is 2. The minimum Gasteiger partial charge on any atom is -0.465 e. The molecule has 0 unspecified atom stereocenters. The van der Waals surface area contributed by atoms with E-state index in [-0.39, 0.29) is 17.6 Å². The molecule has 30 heavy (non-hydrogen) atoms. The number of anilines is 1. The molecule has 1 amide bonds. The highest BCUT2D eigenvalue weighted by atomic mass is 32.2. The van der Waals surface area contributed by atoms with E-state index in [1.807, 2.05) is 0 Å². The van der Waals surface area contributed by atoms with Gasteiger partial charge in [0.1, 0.15) is 21.2 Å². The maximum atomic E-state index is 12.7. The van der Waals surface area contributed by atoms with Crippen LogP contribution < -0.4 is 5.32 Å². The fraction of sp³-hybridized carbons (Fsp3) is 0.429. The molecule has 1 aliphatic rings. The molecule has 1 N–H and O–H groups in total. The van der Waals surface area contributed by atoms with E-state index in [0.29, 0.717) is 16.5 Å². The van der Waals surface area contributed by atoms with Crippen LogP contribution in [0.4, 0.5) is 5.00 Å². The van der Waals surface area contributed by atoms with Crippen molar-refractivity contribution in [2.24, 2.45) is 5.92 Å². The molecule has 158 valence electrons. The molecule has 0 radical (unpaired) electrons.